The molecule has 1 aromatic heterocycles. The number of hydrogen-bond acceptors (Lipinski definition) is 2. The molecule has 0 N–H and O–H groups in total. The van der Waals surface area contributed by atoms with Gasteiger partial charge >= 0.3 is 0 Å². The SMILES string of the molecule is CCN1C(=Cc2sc(-c3ccccc3C)c[n+]2CC)C=Cc2cc(C)ccc21.[I-]. The van der Waals surface area contributed by atoms with Crippen molar-refractivity contribution in [2.45, 2.75) is 34.2 Å². The monoisotopic (exact) mass is 514 g/mol. The van der Waals surface area contributed by atoms with Crippen LogP contribution in [0.3, 0.4) is 0 Å². The summed E-state index contributed by atoms with van der Waals surface area (Å²) in [6.45, 7) is 10.7. The topological polar surface area (TPSA) is 7.12 Å². The molecule has 2 nitrogen and oxygen atoms in total. The van der Waals surface area contributed by atoms with E-state index < -0.39 is 0 Å². The van der Waals surface area contributed by atoms with Gasteiger partial charge < -0.3 is 28.9 Å². The fourth-order valence-corrected chi connectivity index (χ4v) is 5.02. The molecule has 0 saturated heterocycles. The molecule has 0 aliphatic carbocycles. The number of anilines is 1. The Balaban J connectivity index is 0.00000240. The first kappa shape index (κ1) is 21.8. The zero-order valence-electron chi connectivity index (χ0n) is 17.4. The largest absolute Gasteiger partial charge is 1.00 e. The predicted molar refractivity (Wildman–Crippen MR) is 122 cm³/mol. The number of rotatable bonds is 4. The molecule has 0 spiro atoms. The molecule has 0 atom stereocenters. The van der Waals surface area contributed by atoms with Crippen molar-refractivity contribution < 1.29 is 28.5 Å². The van der Waals surface area contributed by atoms with E-state index in [1.54, 1.807) is 0 Å². The third-order valence-electron chi connectivity index (χ3n) is 5.33. The smallest absolute Gasteiger partial charge is 0.264 e. The Labute approximate surface area is 195 Å². The van der Waals surface area contributed by atoms with Crippen LogP contribution in [0.1, 0.15) is 35.5 Å². The number of benzene rings is 2. The average molecular weight is 514 g/mol. The Kier molecular flexibility index (Phi) is 6.96. The summed E-state index contributed by atoms with van der Waals surface area (Å²) < 4.78 is 2.35. The summed E-state index contributed by atoms with van der Waals surface area (Å²) in [6, 6.07) is 15.3. The molecule has 4 heteroatoms. The lowest BCUT2D eigenvalue weighted by Crippen LogP contribution is -3.00. The molecule has 2 aromatic carbocycles. The maximum absolute atomic E-state index is 2.40. The van der Waals surface area contributed by atoms with Crippen molar-refractivity contribution in [2.24, 2.45) is 0 Å². The Morgan fingerprint density at radius 1 is 1.03 bits per heavy atom. The van der Waals surface area contributed by atoms with E-state index in [0.717, 1.165) is 13.1 Å². The van der Waals surface area contributed by atoms with Gasteiger partial charge in [0.15, 0.2) is 6.20 Å². The van der Waals surface area contributed by atoms with Crippen LogP contribution in [0.15, 0.2) is 60.4 Å². The number of hydrogen-bond donors (Lipinski definition) is 0. The van der Waals surface area contributed by atoms with E-state index in [4.69, 9.17) is 0 Å². The van der Waals surface area contributed by atoms with Gasteiger partial charge in [-0.2, -0.15) is 4.57 Å². The van der Waals surface area contributed by atoms with Crippen LogP contribution in [0.4, 0.5) is 5.69 Å². The van der Waals surface area contributed by atoms with Crippen molar-refractivity contribution in [1.82, 2.24) is 0 Å². The molecule has 2 heterocycles. The van der Waals surface area contributed by atoms with Gasteiger partial charge in [-0.3, -0.25) is 0 Å². The van der Waals surface area contributed by atoms with Crippen LogP contribution in [-0.2, 0) is 6.54 Å². The maximum atomic E-state index is 2.40. The molecule has 0 fully saturated rings. The van der Waals surface area contributed by atoms with Crippen LogP contribution in [-0.4, -0.2) is 6.54 Å². The minimum atomic E-state index is 0. The molecule has 0 saturated carbocycles. The van der Waals surface area contributed by atoms with Gasteiger partial charge in [-0.25, -0.2) is 0 Å². The third-order valence-corrected chi connectivity index (χ3v) is 6.44. The zero-order chi connectivity index (χ0) is 19.7. The lowest BCUT2D eigenvalue weighted by Gasteiger charge is -2.29. The van der Waals surface area contributed by atoms with Crippen LogP contribution in [0.25, 0.3) is 22.6 Å². The van der Waals surface area contributed by atoms with Crippen LogP contribution >= 0.6 is 11.3 Å². The van der Waals surface area contributed by atoms with E-state index in [-0.39, 0.29) is 24.0 Å². The molecule has 0 bridgehead atoms. The Hall–Kier alpha value is -1.92. The summed E-state index contributed by atoms with van der Waals surface area (Å²) in [5.41, 5.74) is 7.79. The van der Waals surface area contributed by atoms with Gasteiger partial charge in [-0.1, -0.05) is 53.3 Å². The molecule has 0 unspecified atom stereocenters. The highest BCUT2D eigenvalue weighted by atomic mass is 127. The Morgan fingerprint density at radius 2 is 1.83 bits per heavy atom. The van der Waals surface area contributed by atoms with Gasteiger partial charge in [0.25, 0.3) is 5.01 Å². The fraction of sp³-hybridized carbons (Fsp3) is 0.240. The Bertz CT molecular complexity index is 1080. The summed E-state index contributed by atoms with van der Waals surface area (Å²) in [7, 11) is 0. The van der Waals surface area contributed by atoms with Gasteiger partial charge in [0.2, 0.25) is 0 Å². The normalized spacial score (nSPS) is 14.1. The number of aryl methyl sites for hydroxylation is 3. The van der Waals surface area contributed by atoms with E-state index in [9.17, 15) is 0 Å². The van der Waals surface area contributed by atoms with E-state index in [1.807, 2.05) is 11.3 Å². The number of likely N-dealkylation sites (N-methyl/N-ethyl adjacent to an activating group) is 1. The number of halogens is 1. The summed E-state index contributed by atoms with van der Waals surface area (Å²) in [6.07, 6.45) is 9.11. The summed E-state index contributed by atoms with van der Waals surface area (Å²) in [5.74, 6) is 0. The van der Waals surface area contributed by atoms with Crippen molar-refractivity contribution in [3.8, 4) is 10.4 Å². The average Bonchev–Trinajstić information content (AvgIpc) is 3.10. The van der Waals surface area contributed by atoms with E-state index in [0.29, 0.717) is 0 Å². The predicted octanol–water partition coefficient (Wildman–Crippen LogP) is 3.24. The molecular formula is C25H27IN2S. The molecule has 150 valence electrons. The molecule has 0 amide bonds. The van der Waals surface area contributed by atoms with Crippen molar-refractivity contribution in [1.29, 1.82) is 0 Å². The number of thiazole rings is 1. The van der Waals surface area contributed by atoms with Crippen LogP contribution in [0.5, 0.6) is 0 Å². The third kappa shape index (κ3) is 4.33. The quantitative estimate of drug-likeness (QED) is 0.383. The second-order valence-corrected chi connectivity index (χ2v) is 8.31. The lowest BCUT2D eigenvalue weighted by molar-refractivity contribution is -0.690. The first-order valence-electron chi connectivity index (χ1n) is 9.98. The molecular weight excluding hydrogens is 487 g/mol. The van der Waals surface area contributed by atoms with Crippen LogP contribution in [0.2, 0.25) is 0 Å². The molecule has 29 heavy (non-hydrogen) atoms. The summed E-state index contributed by atoms with van der Waals surface area (Å²) in [4.78, 5) is 3.73. The van der Waals surface area contributed by atoms with Crippen molar-refractivity contribution in [3.63, 3.8) is 0 Å². The van der Waals surface area contributed by atoms with E-state index in [1.165, 1.54) is 43.5 Å². The second-order valence-electron chi connectivity index (χ2n) is 7.24. The highest BCUT2D eigenvalue weighted by Crippen LogP contribution is 2.34. The standard InChI is InChI=1S/C25H27N2S.HI/c1-5-26-17-24(22-10-8-7-9-19(22)4)28-25(26)16-21-13-12-20-15-18(3)11-14-23(20)27(21)6-2;/h7-17H,5-6H2,1-4H3;1H/q+1;/p-1. The maximum Gasteiger partial charge on any atom is 0.264 e. The van der Waals surface area contributed by atoms with Crippen molar-refractivity contribution >= 4 is 29.2 Å². The molecule has 0 radical (unpaired) electrons. The molecule has 4 rings (SSSR count). The number of fused-ring (bicyclic) bond motifs is 1. The van der Waals surface area contributed by atoms with Crippen molar-refractivity contribution in [3.05, 3.63) is 82.1 Å². The van der Waals surface area contributed by atoms with Crippen molar-refractivity contribution in [2.75, 3.05) is 11.4 Å². The number of allylic oxidation sites excluding steroid dienone is 1. The molecule has 1 aliphatic rings. The highest BCUT2D eigenvalue weighted by Gasteiger charge is 2.21. The van der Waals surface area contributed by atoms with Gasteiger partial charge in [0, 0.05) is 29.6 Å². The van der Waals surface area contributed by atoms with E-state index >= 15 is 0 Å². The summed E-state index contributed by atoms with van der Waals surface area (Å²) in [5, 5.41) is 1.29. The summed E-state index contributed by atoms with van der Waals surface area (Å²) >= 11 is 1.87. The van der Waals surface area contributed by atoms with Crippen LogP contribution < -0.4 is 33.4 Å². The second kappa shape index (κ2) is 9.26. The molecule has 1 aliphatic heterocycles. The Morgan fingerprint density at radius 3 is 2.55 bits per heavy atom. The molecule has 3 aromatic rings. The lowest BCUT2D eigenvalue weighted by atomic mass is 10.0. The van der Waals surface area contributed by atoms with Gasteiger partial charge in [-0.15, -0.1) is 0 Å². The van der Waals surface area contributed by atoms with Crippen LogP contribution in [0, 0.1) is 13.8 Å². The van der Waals surface area contributed by atoms with Gasteiger partial charge in [0.1, 0.15) is 11.4 Å². The van der Waals surface area contributed by atoms with E-state index in [2.05, 4.69) is 104 Å². The minimum Gasteiger partial charge on any atom is -1.00 e. The number of nitrogens with zero attached hydrogens (tertiary/aromatic N) is 2. The highest BCUT2D eigenvalue weighted by molar-refractivity contribution is 7.15. The number of aromatic nitrogens is 1. The zero-order valence-corrected chi connectivity index (χ0v) is 20.4. The minimum absolute atomic E-state index is 0. The van der Waals surface area contributed by atoms with Gasteiger partial charge in [0.05, 0.1) is 0 Å². The first-order valence-corrected chi connectivity index (χ1v) is 10.8. The fourth-order valence-electron chi connectivity index (χ4n) is 3.80. The van der Waals surface area contributed by atoms with Gasteiger partial charge in [-0.05, 0) is 57.0 Å². The first-order chi connectivity index (χ1) is 13.6.